The SMILES string of the molecule is CCOc1ccc(-c2nc(NC(=O)OCCCNC(=O)CC#N)sc2C)cc1. The Labute approximate surface area is 167 Å². The molecule has 2 rings (SSSR count). The van der Waals surface area contributed by atoms with E-state index in [9.17, 15) is 9.59 Å². The number of rotatable bonds is 9. The molecule has 0 saturated carbocycles. The Morgan fingerprint density at radius 1 is 1.29 bits per heavy atom. The summed E-state index contributed by atoms with van der Waals surface area (Å²) >= 11 is 1.36. The highest BCUT2D eigenvalue weighted by Crippen LogP contribution is 2.31. The van der Waals surface area contributed by atoms with Crippen LogP contribution in [0.15, 0.2) is 24.3 Å². The van der Waals surface area contributed by atoms with Crippen LogP contribution in [0.4, 0.5) is 9.93 Å². The minimum absolute atomic E-state index is 0.148. The molecular weight excluding hydrogens is 380 g/mol. The topological polar surface area (TPSA) is 113 Å². The molecular formula is C19H22N4O4S. The van der Waals surface area contributed by atoms with E-state index < -0.39 is 6.09 Å². The third-order valence-corrected chi connectivity index (χ3v) is 4.45. The third-order valence-electron chi connectivity index (χ3n) is 3.56. The summed E-state index contributed by atoms with van der Waals surface area (Å²) in [5.41, 5.74) is 1.73. The molecule has 0 spiro atoms. The van der Waals surface area contributed by atoms with Gasteiger partial charge in [0.1, 0.15) is 12.2 Å². The van der Waals surface area contributed by atoms with Crippen molar-refractivity contribution >= 4 is 28.5 Å². The number of aromatic nitrogens is 1. The number of carbonyl (C=O) groups excluding carboxylic acids is 2. The second-order valence-corrected chi connectivity index (χ2v) is 6.88. The van der Waals surface area contributed by atoms with E-state index in [2.05, 4.69) is 15.6 Å². The number of ether oxygens (including phenoxy) is 2. The van der Waals surface area contributed by atoms with E-state index in [4.69, 9.17) is 14.7 Å². The summed E-state index contributed by atoms with van der Waals surface area (Å²) < 4.78 is 10.5. The van der Waals surface area contributed by atoms with Gasteiger partial charge < -0.3 is 14.8 Å². The zero-order valence-electron chi connectivity index (χ0n) is 15.8. The molecule has 148 valence electrons. The fraction of sp³-hybridized carbons (Fsp3) is 0.368. The predicted molar refractivity (Wildman–Crippen MR) is 106 cm³/mol. The van der Waals surface area contributed by atoms with Crippen LogP contribution in [-0.2, 0) is 9.53 Å². The van der Waals surface area contributed by atoms with E-state index in [0.717, 1.165) is 21.9 Å². The van der Waals surface area contributed by atoms with Gasteiger partial charge in [-0.2, -0.15) is 5.26 Å². The van der Waals surface area contributed by atoms with Crippen LogP contribution < -0.4 is 15.4 Å². The molecule has 0 atom stereocenters. The smallest absolute Gasteiger partial charge is 0.413 e. The Bertz CT molecular complexity index is 843. The number of aryl methyl sites for hydroxylation is 1. The van der Waals surface area contributed by atoms with E-state index in [1.807, 2.05) is 38.1 Å². The average molecular weight is 402 g/mol. The molecule has 0 aliphatic rings. The van der Waals surface area contributed by atoms with Crippen LogP contribution in [0.25, 0.3) is 11.3 Å². The van der Waals surface area contributed by atoms with Gasteiger partial charge in [-0.05, 0) is 44.5 Å². The van der Waals surface area contributed by atoms with Gasteiger partial charge in [0.15, 0.2) is 5.13 Å². The Morgan fingerprint density at radius 2 is 2.04 bits per heavy atom. The minimum atomic E-state index is -0.602. The molecule has 0 fully saturated rings. The lowest BCUT2D eigenvalue weighted by molar-refractivity contribution is -0.120. The quantitative estimate of drug-likeness (QED) is 0.621. The first-order valence-electron chi connectivity index (χ1n) is 8.81. The zero-order chi connectivity index (χ0) is 20.4. The van der Waals surface area contributed by atoms with Gasteiger partial charge in [-0.15, -0.1) is 11.3 Å². The average Bonchev–Trinajstić information content (AvgIpc) is 3.02. The lowest BCUT2D eigenvalue weighted by atomic mass is 10.1. The number of nitrogens with zero attached hydrogens (tertiary/aromatic N) is 2. The predicted octanol–water partition coefficient (Wildman–Crippen LogP) is 3.49. The van der Waals surface area contributed by atoms with Gasteiger partial charge in [-0.1, -0.05) is 0 Å². The number of thiazole rings is 1. The Kier molecular flexibility index (Phi) is 8.24. The van der Waals surface area contributed by atoms with E-state index >= 15 is 0 Å². The van der Waals surface area contributed by atoms with Crippen LogP contribution >= 0.6 is 11.3 Å². The molecule has 2 N–H and O–H groups in total. The molecule has 0 bridgehead atoms. The van der Waals surface area contributed by atoms with Gasteiger partial charge >= 0.3 is 6.09 Å². The molecule has 0 aliphatic carbocycles. The number of nitriles is 1. The summed E-state index contributed by atoms with van der Waals surface area (Å²) in [5.74, 6) is 0.455. The molecule has 9 heteroatoms. The Morgan fingerprint density at radius 3 is 2.71 bits per heavy atom. The maximum atomic E-state index is 11.9. The van der Waals surface area contributed by atoms with E-state index in [1.54, 1.807) is 6.07 Å². The van der Waals surface area contributed by atoms with Gasteiger partial charge in [0, 0.05) is 17.0 Å². The summed E-state index contributed by atoms with van der Waals surface area (Å²) in [6, 6.07) is 9.38. The maximum absolute atomic E-state index is 11.9. The Balaban J connectivity index is 1.81. The standard InChI is InChI=1S/C19H22N4O4S/c1-3-26-15-7-5-14(6-8-15)17-13(2)28-18(22-17)23-19(25)27-12-4-11-21-16(24)9-10-20/h5-8H,3-4,9,11-12H2,1-2H3,(H,21,24)(H,22,23,25). The molecule has 1 aromatic heterocycles. The summed E-state index contributed by atoms with van der Waals surface area (Å²) in [4.78, 5) is 28.4. The highest BCUT2D eigenvalue weighted by atomic mass is 32.1. The van der Waals surface area contributed by atoms with E-state index in [1.165, 1.54) is 11.3 Å². The number of anilines is 1. The first kappa shape index (κ1) is 21.2. The van der Waals surface area contributed by atoms with Crippen LogP contribution in [0.1, 0.15) is 24.6 Å². The highest BCUT2D eigenvalue weighted by molar-refractivity contribution is 7.16. The van der Waals surface area contributed by atoms with Gasteiger partial charge in [0.2, 0.25) is 5.91 Å². The number of hydrogen-bond donors (Lipinski definition) is 2. The number of benzene rings is 1. The van der Waals surface area contributed by atoms with Crippen molar-refractivity contribution in [1.29, 1.82) is 5.26 Å². The van der Waals surface area contributed by atoms with Gasteiger partial charge in [-0.3, -0.25) is 10.1 Å². The monoisotopic (exact) mass is 402 g/mol. The molecule has 0 radical (unpaired) electrons. The Hall–Kier alpha value is -3.12. The fourth-order valence-corrected chi connectivity index (χ4v) is 3.14. The molecule has 0 unspecified atom stereocenters. The van der Waals surface area contributed by atoms with Crippen molar-refractivity contribution in [2.75, 3.05) is 25.1 Å². The van der Waals surface area contributed by atoms with Crippen LogP contribution in [0.2, 0.25) is 0 Å². The van der Waals surface area contributed by atoms with E-state index in [-0.39, 0.29) is 18.9 Å². The second-order valence-electron chi connectivity index (χ2n) is 5.68. The van der Waals surface area contributed by atoms with Crippen molar-refractivity contribution in [2.45, 2.75) is 26.7 Å². The summed E-state index contributed by atoms with van der Waals surface area (Å²) in [6.45, 7) is 4.96. The van der Waals surface area contributed by atoms with Crippen molar-refractivity contribution in [3.05, 3.63) is 29.1 Å². The van der Waals surface area contributed by atoms with Crippen molar-refractivity contribution in [2.24, 2.45) is 0 Å². The van der Waals surface area contributed by atoms with Crippen LogP contribution in [0.3, 0.4) is 0 Å². The minimum Gasteiger partial charge on any atom is -0.494 e. The first-order valence-corrected chi connectivity index (χ1v) is 9.63. The van der Waals surface area contributed by atoms with Crippen molar-refractivity contribution in [3.8, 4) is 23.1 Å². The van der Waals surface area contributed by atoms with Crippen LogP contribution in [-0.4, -0.2) is 36.7 Å². The molecule has 1 aromatic carbocycles. The maximum Gasteiger partial charge on any atom is 0.413 e. The normalized spacial score (nSPS) is 10.0. The summed E-state index contributed by atoms with van der Waals surface area (Å²) in [6.07, 6.45) is -0.323. The zero-order valence-corrected chi connectivity index (χ0v) is 16.6. The van der Waals surface area contributed by atoms with Gasteiger partial charge in [0.25, 0.3) is 0 Å². The summed E-state index contributed by atoms with van der Waals surface area (Å²) in [5, 5.41) is 14.0. The fourth-order valence-electron chi connectivity index (χ4n) is 2.32. The lowest BCUT2D eigenvalue weighted by Crippen LogP contribution is -2.25. The molecule has 28 heavy (non-hydrogen) atoms. The third kappa shape index (κ3) is 6.55. The molecule has 2 aromatic rings. The number of hydrogen-bond acceptors (Lipinski definition) is 7. The number of amides is 2. The number of nitrogens with one attached hydrogen (secondary N) is 2. The molecule has 0 saturated heterocycles. The van der Waals surface area contributed by atoms with Crippen molar-refractivity contribution < 1.29 is 19.1 Å². The molecule has 2 amide bonds. The number of carbonyl (C=O) groups is 2. The highest BCUT2D eigenvalue weighted by Gasteiger charge is 2.13. The summed E-state index contributed by atoms with van der Waals surface area (Å²) in [7, 11) is 0. The van der Waals surface area contributed by atoms with E-state index in [0.29, 0.717) is 24.7 Å². The van der Waals surface area contributed by atoms with Gasteiger partial charge in [-0.25, -0.2) is 9.78 Å². The van der Waals surface area contributed by atoms with Crippen molar-refractivity contribution in [3.63, 3.8) is 0 Å². The largest absolute Gasteiger partial charge is 0.494 e. The van der Waals surface area contributed by atoms with Crippen molar-refractivity contribution in [1.82, 2.24) is 10.3 Å². The molecule has 8 nitrogen and oxygen atoms in total. The lowest BCUT2D eigenvalue weighted by Gasteiger charge is -2.05. The second kappa shape index (κ2) is 10.9. The van der Waals surface area contributed by atoms with Gasteiger partial charge in [0.05, 0.1) is 25.0 Å². The van der Waals surface area contributed by atoms with Crippen LogP contribution in [0.5, 0.6) is 5.75 Å². The molecule has 0 aliphatic heterocycles. The molecule has 1 heterocycles. The van der Waals surface area contributed by atoms with Crippen LogP contribution in [0, 0.1) is 18.3 Å². The first-order chi connectivity index (χ1) is 13.5.